The number of rotatable bonds is 1. The van der Waals surface area contributed by atoms with Gasteiger partial charge in [-0.1, -0.05) is 11.2 Å². The van der Waals surface area contributed by atoms with E-state index in [0.717, 1.165) is 25.3 Å². The van der Waals surface area contributed by atoms with Gasteiger partial charge in [0.15, 0.2) is 5.76 Å². The van der Waals surface area contributed by atoms with Gasteiger partial charge in [-0.25, -0.2) is 0 Å². The maximum absolute atomic E-state index is 5.07. The number of hydrogen-bond acceptors (Lipinski definition) is 3. The van der Waals surface area contributed by atoms with Gasteiger partial charge in [0.2, 0.25) is 0 Å². The summed E-state index contributed by atoms with van der Waals surface area (Å²) in [7, 11) is 2.12. The van der Waals surface area contributed by atoms with E-state index in [4.69, 9.17) is 4.52 Å². The number of likely N-dealkylation sites (N-methyl/N-ethyl adjacent to an activating group) is 1. The summed E-state index contributed by atoms with van der Waals surface area (Å²) in [5, 5.41) is 3.69. The topological polar surface area (TPSA) is 29.3 Å². The van der Waals surface area contributed by atoms with Crippen molar-refractivity contribution in [2.24, 2.45) is 0 Å². The summed E-state index contributed by atoms with van der Waals surface area (Å²) >= 11 is 0. The first-order chi connectivity index (χ1) is 5.86. The second-order valence-electron chi connectivity index (χ2n) is 3.12. The van der Waals surface area contributed by atoms with Crippen LogP contribution in [0.15, 0.2) is 22.9 Å². The molecule has 2 heterocycles. The fourth-order valence-electron chi connectivity index (χ4n) is 1.38. The van der Waals surface area contributed by atoms with Gasteiger partial charge in [-0.05, 0) is 19.0 Å². The third-order valence-corrected chi connectivity index (χ3v) is 2.17. The number of hydrogen-bond donors (Lipinski definition) is 0. The summed E-state index contributed by atoms with van der Waals surface area (Å²) in [6.07, 6.45) is 4.95. The maximum Gasteiger partial charge on any atom is 0.162 e. The van der Waals surface area contributed by atoms with Crippen LogP contribution in [-0.2, 0) is 0 Å². The summed E-state index contributed by atoms with van der Waals surface area (Å²) < 4.78 is 5.07. The van der Waals surface area contributed by atoms with E-state index in [9.17, 15) is 0 Å². The molecular weight excluding hydrogens is 152 g/mol. The first-order valence-electron chi connectivity index (χ1n) is 4.15. The molecule has 0 N–H and O–H groups in total. The van der Waals surface area contributed by atoms with Crippen molar-refractivity contribution < 1.29 is 4.52 Å². The van der Waals surface area contributed by atoms with Crippen LogP contribution in [0.3, 0.4) is 0 Å². The van der Waals surface area contributed by atoms with E-state index >= 15 is 0 Å². The zero-order valence-corrected chi connectivity index (χ0v) is 7.16. The van der Waals surface area contributed by atoms with Gasteiger partial charge < -0.3 is 9.42 Å². The highest BCUT2D eigenvalue weighted by atomic mass is 16.5. The Morgan fingerprint density at radius 1 is 1.58 bits per heavy atom. The molecule has 1 aliphatic rings. The van der Waals surface area contributed by atoms with E-state index in [1.54, 1.807) is 6.20 Å². The third kappa shape index (κ3) is 1.41. The zero-order valence-electron chi connectivity index (χ0n) is 7.16. The molecule has 0 saturated heterocycles. The van der Waals surface area contributed by atoms with Gasteiger partial charge in [0.25, 0.3) is 0 Å². The molecule has 0 unspecified atom stereocenters. The molecule has 3 heteroatoms. The highest BCUT2D eigenvalue weighted by molar-refractivity contribution is 5.61. The van der Waals surface area contributed by atoms with Gasteiger partial charge in [-0.2, -0.15) is 0 Å². The summed E-state index contributed by atoms with van der Waals surface area (Å²) in [5.41, 5.74) is 1.28. The van der Waals surface area contributed by atoms with Gasteiger partial charge >= 0.3 is 0 Å². The van der Waals surface area contributed by atoms with Crippen LogP contribution in [-0.4, -0.2) is 30.2 Å². The molecule has 2 rings (SSSR count). The summed E-state index contributed by atoms with van der Waals surface area (Å²) in [6.45, 7) is 2.11. The molecule has 0 radical (unpaired) electrons. The van der Waals surface area contributed by atoms with Crippen LogP contribution in [0, 0.1) is 0 Å². The molecule has 12 heavy (non-hydrogen) atoms. The SMILES string of the molecule is CN1CC=C(c2ccno2)CC1. The lowest BCUT2D eigenvalue weighted by molar-refractivity contribution is 0.361. The first-order valence-corrected chi connectivity index (χ1v) is 4.15. The minimum absolute atomic E-state index is 0.920. The average Bonchev–Trinajstić information content (AvgIpc) is 2.58. The summed E-state index contributed by atoms with van der Waals surface area (Å²) in [5.74, 6) is 0.920. The lowest BCUT2D eigenvalue weighted by Crippen LogP contribution is -2.23. The molecule has 0 aromatic carbocycles. The van der Waals surface area contributed by atoms with Crippen molar-refractivity contribution in [2.75, 3.05) is 20.1 Å². The summed E-state index contributed by atoms with van der Waals surface area (Å²) in [4.78, 5) is 2.28. The molecule has 3 nitrogen and oxygen atoms in total. The molecule has 0 amide bonds. The largest absolute Gasteiger partial charge is 0.357 e. The van der Waals surface area contributed by atoms with Crippen LogP contribution in [0.5, 0.6) is 0 Å². The second-order valence-corrected chi connectivity index (χ2v) is 3.12. The van der Waals surface area contributed by atoms with Gasteiger partial charge in [0, 0.05) is 19.2 Å². The molecule has 1 aliphatic heterocycles. The molecule has 0 aliphatic carbocycles. The van der Waals surface area contributed by atoms with Gasteiger partial charge in [-0.3, -0.25) is 0 Å². The normalized spacial score (nSPS) is 19.2. The standard InChI is InChI=1S/C9H12N2O/c1-11-6-3-8(4-7-11)9-2-5-10-12-9/h2-3,5H,4,6-7H2,1H3. The quantitative estimate of drug-likeness (QED) is 0.628. The van der Waals surface area contributed by atoms with Crippen molar-refractivity contribution in [3.05, 3.63) is 24.1 Å². The van der Waals surface area contributed by atoms with Crippen LogP contribution in [0.4, 0.5) is 0 Å². The van der Waals surface area contributed by atoms with Gasteiger partial charge in [-0.15, -0.1) is 0 Å². The molecule has 0 bridgehead atoms. The molecule has 0 saturated carbocycles. The molecular formula is C9H12N2O. The first kappa shape index (κ1) is 7.55. The highest BCUT2D eigenvalue weighted by Gasteiger charge is 2.11. The van der Waals surface area contributed by atoms with E-state index in [0.29, 0.717) is 0 Å². The maximum atomic E-state index is 5.07. The van der Waals surface area contributed by atoms with Crippen LogP contribution in [0.2, 0.25) is 0 Å². The van der Waals surface area contributed by atoms with Crippen LogP contribution < -0.4 is 0 Å². The van der Waals surface area contributed by atoms with E-state index in [-0.39, 0.29) is 0 Å². The summed E-state index contributed by atoms with van der Waals surface area (Å²) in [6, 6.07) is 1.91. The Kier molecular flexibility index (Phi) is 1.96. The van der Waals surface area contributed by atoms with Crippen molar-refractivity contribution >= 4 is 5.57 Å². The Balaban J connectivity index is 2.16. The smallest absolute Gasteiger partial charge is 0.162 e. The van der Waals surface area contributed by atoms with Gasteiger partial charge in [0.1, 0.15) is 0 Å². The van der Waals surface area contributed by atoms with E-state index < -0.39 is 0 Å². The Morgan fingerprint density at radius 3 is 3.08 bits per heavy atom. The Hall–Kier alpha value is -1.09. The minimum atomic E-state index is 0.920. The zero-order chi connectivity index (χ0) is 8.39. The Morgan fingerprint density at radius 2 is 2.50 bits per heavy atom. The van der Waals surface area contributed by atoms with Crippen molar-refractivity contribution in [3.8, 4) is 0 Å². The van der Waals surface area contributed by atoms with Crippen LogP contribution in [0.25, 0.3) is 5.57 Å². The lowest BCUT2D eigenvalue weighted by Gasteiger charge is -2.20. The Bertz CT molecular complexity index is 277. The van der Waals surface area contributed by atoms with Crippen LogP contribution >= 0.6 is 0 Å². The molecule has 1 aromatic heterocycles. The molecule has 0 atom stereocenters. The second kappa shape index (κ2) is 3.11. The third-order valence-electron chi connectivity index (χ3n) is 2.17. The van der Waals surface area contributed by atoms with Crippen molar-refractivity contribution in [1.29, 1.82) is 0 Å². The van der Waals surface area contributed by atoms with Gasteiger partial charge in [0.05, 0.1) is 6.20 Å². The fraction of sp³-hybridized carbons (Fsp3) is 0.444. The monoisotopic (exact) mass is 164 g/mol. The lowest BCUT2D eigenvalue weighted by atomic mass is 10.1. The minimum Gasteiger partial charge on any atom is -0.357 e. The number of aromatic nitrogens is 1. The molecule has 1 aromatic rings. The van der Waals surface area contributed by atoms with Crippen molar-refractivity contribution in [3.63, 3.8) is 0 Å². The predicted molar refractivity (Wildman–Crippen MR) is 46.6 cm³/mol. The van der Waals surface area contributed by atoms with E-state index in [1.165, 1.54) is 5.57 Å². The molecule has 0 spiro atoms. The predicted octanol–water partition coefficient (Wildman–Crippen LogP) is 1.39. The average molecular weight is 164 g/mol. The fourth-order valence-corrected chi connectivity index (χ4v) is 1.38. The van der Waals surface area contributed by atoms with E-state index in [2.05, 4.69) is 23.2 Å². The molecule has 64 valence electrons. The number of nitrogens with zero attached hydrogens (tertiary/aromatic N) is 2. The van der Waals surface area contributed by atoms with E-state index in [1.807, 2.05) is 6.07 Å². The van der Waals surface area contributed by atoms with Crippen molar-refractivity contribution in [2.45, 2.75) is 6.42 Å². The molecule has 0 fully saturated rings. The Labute approximate surface area is 71.7 Å². The van der Waals surface area contributed by atoms with Crippen LogP contribution in [0.1, 0.15) is 12.2 Å². The highest BCUT2D eigenvalue weighted by Crippen LogP contribution is 2.20. The van der Waals surface area contributed by atoms with Crippen molar-refractivity contribution in [1.82, 2.24) is 10.1 Å².